The van der Waals surface area contributed by atoms with Crippen LogP contribution in [0.4, 0.5) is 0 Å². The van der Waals surface area contributed by atoms with E-state index in [9.17, 15) is 0 Å². The summed E-state index contributed by atoms with van der Waals surface area (Å²) in [5.74, 6) is 2.40. The molecule has 0 amide bonds. The first-order valence-electron chi connectivity index (χ1n) is 10.3. The fraction of sp³-hybridized carbons (Fsp3) is 0.409. The number of aliphatic imine (C=N–C) groups is 2. The zero-order valence-corrected chi connectivity index (χ0v) is 19.3. The number of hydrogen-bond donors (Lipinski definition) is 1. The summed E-state index contributed by atoms with van der Waals surface area (Å²) in [6, 6.07) is 7.93. The first-order valence-corrected chi connectivity index (χ1v) is 11.5. The van der Waals surface area contributed by atoms with Crippen molar-refractivity contribution in [3.8, 4) is 22.8 Å². The molecule has 4 heterocycles. The summed E-state index contributed by atoms with van der Waals surface area (Å²) in [6.07, 6.45) is 0. The molecule has 2 aromatic rings. The summed E-state index contributed by atoms with van der Waals surface area (Å²) in [5.41, 5.74) is 4.19. The van der Waals surface area contributed by atoms with E-state index >= 15 is 0 Å². The zero-order valence-electron chi connectivity index (χ0n) is 17.7. The smallest absolute Gasteiger partial charge is 0.220 e. The Labute approximate surface area is 190 Å². The van der Waals surface area contributed by atoms with Crippen molar-refractivity contribution in [3.05, 3.63) is 35.4 Å². The molecule has 0 radical (unpaired) electrons. The van der Waals surface area contributed by atoms with Crippen molar-refractivity contribution in [2.75, 3.05) is 40.4 Å². The number of nitrogens with one attached hydrogen (secondary N) is 1. The fourth-order valence-corrected chi connectivity index (χ4v) is 5.98. The van der Waals surface area contributed by atoms with Crippen LogP contribution >= 0.6 is 23.4 Å². The number of methoxy groups -OCH3 is 2. The van der Waals surface area contributed by atoms with Gasteiger partial charge in [0.1, 0.15) is 16.9 Å². The van der Waals surface area contributed by atoms with Crippen molar-refractivity contribution in [2.24, 2.45) is 9.98 Å². The number of nitrogens with zero attached hydrogens (tertiary/aromatic N) is 4. The Bertz CT molecular complexity index is 1080. The molecule has 0 spiro atoms. The summed E-state index contributed by atoms with van der Waals surface area (Å²) >= 11 is 8.11. The largest absolute Gasteiger partial charge is 0.493 e. The SMILES string of the molecule is COc1ccc(-c2cc(C)c3c(n2)SC2C(N4CCNCC4)=NC(Cl)=NC32)cc1OC. The molecule has 0 aliphatic carbocycles. The van der Waals surface area contributed by atoms with E-state index in [-0.39, 0.29) is 11.3 Å². The summed E-state index contributed by atoms with van der Waals surface area (Å²) in [6.45, 7) is 5.86. The lowest BCUT2D eigenvalue weighted by atomic mass is 9.98. The number of piperazine rings is 1. The van der Waals surface area contributed by atoms with Gasteiger partial charge in [0.05, 0.1) is 25.2 Å². The van der Waals surface area contributed by atoms with Crippen LogP contribution in [0.25, 0.3) is 11.3 Å². The van der Waals surface area contributed by atoms with Crippen molar-refractivity contribution in [1.29, 1.82) is 0 Å². The van der Waals surface area contributed by atoms with E-state index in [4.69, 9.17) is 31.1 Å². The lowest BCUT2D eigenvalue weighted by molar-refractivity contribution is 0.350. The number of rotatable bonds is 3. The molecule has 2 atom stereocenters. The summed E-state index contributed by atoms with van der Waals surface area (Å²) in [7, 11) is 3.28. The second-order valence-electron chi connectivity index (χ2n) is 7.70. The first-order chi connectivity index (χ1) is 15.1. The average Bonchev–Trinajstić information content (AvgIpc) is 3.17. The topological polar surface area (TPSA) is 71.3 Å². The maximum atomic E-state index is 6.37. The Hall–Kier alpha value is -2.29. The number of amidine groups is 2. The Kier molecular flexibility index (Phi) is 5.54. The molecule has 31 heavy (non-hydrogen) atoms. The van der Waals surface area contributed by atoms with E-state index in [2.05, 4.69) is 28.2 Å². The molecule has 0 bridgehead atoms. The second kappa shape index (κ2) is 8.33. The highest BCUT2D eigenvalue weighted by atomic mass is 35.5. The number of ether oxygens (including phenoxy) is 2. The molecule has 1 N–H and O–H groups in total. The quantitative estimate of drug-likeness (QED) is 0.711. The van der Waals surface area contributed by atoms with Crippen LogP contribution in [0, 0.1) is 6.92 Å². The lowest BCUT2D eigenvalue weighted by Gasteiger charge is -2.35. The van der Waals surface area contributed by atoms with E-state index in [1.165, 1.54) is 0 Å². The van der Waals surface area contributed by atoms with E-state index in [0.29, 0.717) is 16.8 Å². The first kappa shape index (κ1) is 20.6. The van der Waals surface area contributed by atoms with E-state index < -0.39 is 0 Å². The van der Waals surface area contributed by atoms with Gasteiger partial charge in [-0.1, -0.05) is 11.8 Å². The number of hydrogen-bond acceptors (Lipinski definition) is 8. The number of fused-ring (bicyclic) bond motifs is 3. The van der Waals surface area contributed by atoms with Gasteiger partial charge in [0, 0.05) is 37.3 Å². The number of thioether (sulfide) groups is 1. The minimum atomic E-state index is -0.0539. The predicted octanol–water partition coefficient (Wildman–Crippen LogP) is 3.50. The minimum Gasteiger partial charge on any atom is -0.493 e. The minimum absolute atomic E-state index is 0.0539. The highest BCUT2D eigenvalue weighted by Gasteiger charge is 2.43. The highest BCUT2D eigenvalue weighted by Crippen LogP contribution is 2.50. The highest BCUT2D eigenvalue weighted by molar-refractivity contribution is 8.01. The molecule has 2 unspecified atom stereocenters. The summed E-state index contributed by atoms with van der Waals surface area (Å²) in [5, 5.41) is 4.82. The van der Waals surface area contributed by atoms with Crippen molar-refractivity contribution in [1.82, 2.24) is 15.2 Å². The van der Waals surface area contributed by atoms with Crippen molar-refractivity contribution < 1.29 is 9.47 Å². The van der Waals surface area contributed by atoms with Crippen LogP contribution in [0.15, 0.2) is 39.3 Å². The number of halogens is 1. The predicted molar refractivity (Wildman–Crippen MR) is 125 cm³/mol. The normalized spacial score (nSPS) is 22.4. The van der Waals surface area contributed by atoms with Crippen LogP contribution in [0.2, 0.25) is 0 Å². The van der Waals surface area contributed by atoms with Crippen molar-refractivity contribution >= 4 is 34.5 Å². The molecule has 0 saturated carbocycles. The molecule has 3 aliphatic rings. The second-order valence-corrected chi connectivity index (χ2v) is 9.17. The third-order valence-corrected chi connectivity index (χ3v) is 7.32. The third-order valence-electron chi connectivity index (χ3n) is 5.88. The molecule has 162 valence electrons. The van der Waals surface area contributed by atoms with Crippen LogP contribution in [0.3, 0.4) is 0 Å². The standard InChI is InChI=1S/C22H24ClN5O2S/c1-12-10-14(13-4-5-15(29-2)16(11-13)30-3)25-21-17(12)18-19(31-21)20(27-22(23)26-18)28-8-6-24-7-9-28/h4-5,10-11,18-19,24H,6-9H2,1-3H3. The molecule has 1 saturated heterocycles. The number of benzene rings is 1. The number of aromatic nitrogens is 1. The monoisotopic (exact) mass is 457 g/mol. The zero-order chi connectivity index (χ0) is 21.5. The number of pyridine rings is 1. The Morgan fingerprint density at radius 3 is 2.65 bits per heavy atom. The van der Waals surface area contributed by atoms with Gasteiger partial charge in [0.25, 0.3) is 0 Å². The maximum Gasteiger partial charge on any atom is 0.220 e. The molecule has 5 rings (SSSR count). The summed E-state index contributed by atoms with van der Waals surface area (Å²) < 4.78 is 10.8. The third kappa shape index (κ3) is 3.66. The molecule has 1 aromatic carbocycles. The van der Waals surface area contributed by atoms with Gasteiger partial charge in [-0.2, -0.15) is 0 Å². The van der Waals surface area contributed by atoms with Gasteiger partial charge >= 0.3 is 0 Å². The van der Waals surface area contributed by atoms with Gasteiger partial charge < -0.3 is 19.7 Å². The molecule has 1 aromatic heterocycles. The van der Waals surface area contributed by atoms with E-state index in [0.717, 1.165) is 59.4 Å². The van der Waals surface area contributed by atoms with Gasteiger partial charge in [-0.05, 0) is 48.4 Å². The summed E-state index contributed by atoms with van der Waals surface area (Å²) in [4.78, 5) is 16.7. The van der Waals surface area contributed by atoms with Crippen LogP contribution < -0.4 is 14.8 Å². The van der Waals surface area contributed by atoms with Gasteiger partial charge in [0.15, 0.2) is 11.5 Å². The van der Waals surface area contributed by atoms with E-state index in [1.807, 2.05) is 18.2 Å². The Balaban J connectivity index is 1.52. The Morgan fingerprint density at radius 2 is 1.90 bits per heavy atom. The van der Waals surface area contributed by atoms with Gasteiger partial charge in [-0.25, -0.2) is 15.0 Å². The maximum absolute atomic E-state index is 6.37. The van der Waals surface area contributed by atoms with Crippen LogP contribution in [0.5, 0.6) is 11.5 Å². The van der Waals surface area contributed by atoms with Gasteiger partial charge in [-0.15, -0.1) is 0 Å². The van der Waals surface area contributed by atoms with E-state index in [1.54, 1.807) is 26.0 Å². The molecule has 7 nitrogen and oxygen atoms in total. The molecular weight excluding hydrogens is 434 g/mol. The van der Waals surface area contributed by atoms with Gasteiger partial charge in [0.2, 0.25) is 5.29 Å². The molecule has 9 heteroatoms. The van der Waals surface area contributed by atoms with Crippen molar-refractivity contribution in [3.63, 3.8) is 0 Å². The van der Waals surface area contributed by atoms with Crippen LogP contribution in [0.1, 0.15) is 17.2 Å². The number of aryl methyl sites for hydroxylation is 1. The Morgan fingerprint density at radius 1 is 1.13 bits per heavy atom. The average molecular weight is 458 g/mol. The molecular formula is C22H24ClN5O2S. The lowest BCUT2D eigenvalue weighted by Crippen LogP contribution is -2.50. The van der Waals surface area contributed by atoms with Crippen LogP contribution in [-0.2, 0) is 0 Å². The van der Waals surface area contributed by atoms with Crippen molar-refractivity contribution in [2.45, 2.75) is 23.2 Å². The van der Waals surface area contributed by atoms with Crippen LogP contribution in [-0.4, -0.2) is 66.7 Å². The van der Waals surface area contributed by atoms with Gasteiger partial charge in [-0.3, -0.25) is 0 Å². The fourth-order valence-electron chi connectivity index (χ4n) is 4.36. The molecule has 1 fully saturated rings. The molecule has 3 aliphatic heterocycles.